The molecule has 1 heterocycles. The van der Waals surface area contributed by atoms with Crippen molar-refractivity contribution in [3.63, 3.8) is 0 Å². The summed E-state index contributed by atoms with van der Waals surface area (Å²) in [5, 5.41) is 2.57. The first kappa shape index (κ1) is 15.5. The van der Waals surface area contributed by atoms with E-state index in [1.165, 1.54) is 36.5 Å². The number of benzene rings is 1. The van der Waals surface area contributed by atoms with Crippen molar-refractivity contribution >= 4 is 33.0 Å². The van der Waals surface area contributed by atoms with Gasteiger partial charge in [0, 0.05) is 23.6 Å². The molecule has 0 fully saturated rings. The molecule has 0 spiro atoms. The monoisotopic (exact) mass is 325 g/mol. The molecule has 0 bridgehead atoms. The molecule has 7 heteroatoms. The molecule has 2 rings (SSSR count). The number of thiophene rings is 1. The van der Waals surface area contributed by atoms with Crippen molar-refractivity contribution < 1.29 is 17.4 Å². The predicted molar refractivity (Wildman–Crippen MR) is 82.3 cm³/mol. The predicted octanol–water partition coefficient (Wildman–Crippen LogP) is 3.04. The molecule has 5 nitrogen and oxygen atoms in total. The van der Waals surface area contributed by atoms with Gasteiger partial charge in [0.05, 0.1) is 0 Å². The molecule has 112 valence electrons. The summed E-state index contributed by atoms with van der Waals surface area (Å²) in [5.41, 5.74) is 0.482. The topological polar surface area (TPSA) is 72.5 Å². The summed E-state index contributed by atoms with van der Waals surface area (Å²) in [7, 11) is -3.84. The van der Waals surface area contributed by atoms with E-state index in [4.69, 9.17) is 4.18 Å². The van der Waals surface area contributed by atoms with Gasteiger partial charge in [-0.25, -0.2) is 0 Å². The van der Waals surface area contributed by atoms with Gasteiger partial charge in [0.2, 0.25) is 5.91 Å². The van der Waals surface area contributed by atoms with Gasteiger partial charge in [0.15, 0.2) is 4.21 Å². The molecule has 1 N–H and O–H groups in total. The van der Waals surface area contributed by atoms with E-state index in [0.717, 1.165) is 11.3 Å². The summed E-state index contributed by atoms with van der Waals surface area (Å²) in [4.78, 5) is 12.0. The standard InChI is InChI=1S/C14H15NO4S2/c1-3-13-7-8-14(20-13)21(17,18)19-12-6-4-5-11(9-12)15-10(2)16/h4-9H,3H2,1-2H3,(H,15,16). The zero-order chi connectivity index (χ0) is 15.5. The lowest BCUT2D eigenvalue weighted by Gasteiger charge is -2.07. The molecule has 1 amide bonds. The summed E-state index contributed by atoms with van der Waals surface area (Å²) in [6, 6.07) is 9.57. The summed E-state index contributed by atoms with van der Waals surface area (Å²) >= 11 is 1.19. The van der Waals surface area contributed by atoms with E-state index < -0.39 is 10.1 Å². The Kier molecular flexibility index (Phi) is 4.64. The summed E-state index contributed by atoms with van der Waals surface area (Å²) in [6.07, 6.45) is 0.776. The summed E-state index contributed by atoms with van der Waals surface area (Å²) < 4.78 is 29.6. The lowest BCUT2D eigenvalue weighted by molar-refractivity contribution is -0.114. The highest BCUT2D eigenvalue weighted by atomic mass is 32.3. The number of nitrogens with one attached hydrogen (secondary N) is 1. The zero-order valence-corrected chi connectivity index (χ0v) is 13.3. The quantitative estimate of drug-likeness (QED) is 0.858. The minimum Gasteiger partial charge on any atom is -0.378 e. The summed E-state index contributed by atoms with van der Waals surface area (Å²) in [5.74, 6) is -0.0754. The van der Waals surface area contributed by atoms with Crippen LogP contribution in [-0.2, 0) is 21.3 Å². The molecule has 0 atom stereocenters. The number of amides is 1. The third-order valence-electron chi connectivity index (χ3n) is 2.59. The highest BCUT2D eigenvalue weighted by Crippen LogP contribution is 2.26. The highest BCUT2D eigenvalue weighted by molar-refractivity contribution is 7.89. The first-order chi connectivity index (χ1) is 9.90. The molecular formula is C14H15NO4S2. The van der Waals surface area contributed by atoms with E-state index in [9.17, 15) is 13.2 Å². The number of carbonyl (C=O) groups is 1. The molecule has 0 radical (unpaired) electrons. The van der Waals surface area contributed by atoms with Crippen LogP contribution in [0.3, 0.4) is 0 Å². The maximum Gasteiger partial charge on any atom is 0.348 e. The number of carbonyl (C=O) groups excluding carboxylic acids is 1. The summed E-state index contributed by atoms with van der Waals surface area (Å²) in [6.45, 7) is 3.34. The van der Waals surface area contributed by atoms with Gasteiger partial charge in [-0.2, -0.15) is 8.42 Å². The van der Waals surface area contributed by atoms with Crippen LogP contribution in [0, 0.1) is 0 Å². The minimum absolute atomic E-state index is 0.160. The molecule has 1 aromatic heterocycles. The van der Waals surface area contributed by atoms with Crippen LogP contribution in [0.1, 0.15) is 18.7 Å². The normalized spacial score (nSPS) is 11.1. The van der Waals surface area contributed by atoms with Crippen molar-refractivity contribution in [3.8, 4) is 5.75 Å². The van der Waals surface area contributed by atoms with E-state index in [2.05, 4.69) is 5.32 Å². The van der Waals surface area contributed by atoms with Crippen molar-refractivity contribution in [3.05, 3.63) is 41.3 Å². The van der Waals surface area contributed by atoms with Crippen LogP contribution in [-0.4, -0.2) is 14.3 Å². The Morgan fingerprint density at radius 1 is 1.29 bits per heavy atom. The SMILES string of the molecule is CCc1ccc(S(=O)(=O)Oc2cccc(NC(C)=O)c2)s1. The Labute approximate surface area is 127 Å². The molecule has 0 unspecified atom stereocenters. The average molecular weight is 325 g/mol. The third kappa shape index (κ3) is 4.05. The van der Waals surface area contributed by atoms with E-state index in [1.54, 1.807) is 18.2 Å². The lowest BCUT2D eigenvalue weighted by Crippen LogP contribution is -2.09. The largest absolute Gasteiger partial charge is 0.378 e. The van der Waals surface area contributed by atoms with Crippen LogP contribution in [0.2, 0.25) is 0 Å². The second kappa shape index (κ2) is 6.28. The van der Waals surface area contributed by atoms with Gasteiger partial charge in [0.25, 0.3) is 0 Å². The third-order valence-corrected chi connectivity index (χ3v) is 5.52. The van der Waals surface area contributed by atoms with Crippen molar-refractivity contribution in [2.24, 2.45) is 0 Å². The fourth-order valence-electron chi connectivity index (χ4n) is 1.68. The second-order valence-electron chi connectivity index (χ2n) is 4.32. The first-order valence-corrected chi connectivity index (χ1v) is 8.54. The van der Waals surface area contributed by atoms with Crippen LogP contribution in [0.25, 0.3) is 0 Å². The Hall–Kier alpha value is -1.86. The molecule has 2 aromatic rings. The highest BCUT2D eigenvalue weighted by Gasteiger charge is 2.19. The molecule has 1 aromatic carbocycles. The number of anilines is 1. The van der Waals surface area contributed by atoms with Crippen molar-refractivity contribution in [2.75, 3.05) is 5.32 Å². The van der Waals surface area contributed by atoms with Crippen LogP contribution in [0.4, 0.5) is 5.69 Å². The number of hydrogen-bond acceptors (Lipinski definition) is 5. The maximum atomic E-state index is 12.2. The number of aryl methyl sites for hydroxylation is 1. The van der Waals surface area contributed by atoms with Gasteiger partial charge in [-0.3, -0.25) is 4.79 Å². The molecule has 0 aliphatic heterocycles. The van der Waals surface area contributed by atoms with Crippen LogP contribution >= 0.6 is 11.3 Å². The van der Waals surface area contributed by atoms with E-state index in [1.807, 2.05) is 6.92 Å². The molecule has 0 saturated heterocycles. The Bertz CT molecular complexity index is 750. The fraction of sp³-hybridized carbons (Fsp3) is 0.214. The lowest BCUT2D eigenvalue weighted by atomic mass is 10.3. The van der Waals surface area contributed by atoms with Crippen molar-refractivity contribution in [2.45, 2.75) is 24.5 Å². The van der Waals surface area contributed by atoms with Crippen molar-refractivity contribution in [1.82, 2.24) is 0 Å². The van der Waals surface area contributed by atoms with Gasteiger partial charge < -0.3 is 9.50 Å². The smallest absolute Gasteiger partial charge is 0.348 e. The van der Waals surface area contributed by atoms with Crippen LogP contribution in [0.5, 0.6) is 5.75 Å². The van der Waals surface area contributed by atoms with Gasteiger partial charge in [-0.05, 0) is 30.7 Å². The number of hydrogen-bond donors (Lipinski definition) is 1. The van der Waals surface area contributed by atoms with Crippen molar-refractivity contribution in [1.29, 1.82) is 0 Å². The molecule has 0 aliphatic rings. The second-order valence-corrected chi connectivity index (χ2v) is 7.26. The Morgan fingerprint density at radius 3 is 2.67 bits per heavy atom. The minimum atomic E-state index is -3.84. The Balaban J connectivity index is 2.22. The van der Waals surface area contributed by atoms with Crippen LogP contribution < -0.4 is 9.50 Å². The van der Waals surface area contributed by atoms with E-state index >= 15 is 0 Å². The first-order valence-electron chi connectivity index (χ1n) is 6.31. The van der Waals surface area contributed by atoms with Gasteiger partial charge >= 0.3 is 10.1 Å². The van der Waals surface area contributed by atoms with E-state index in [-0.39, 0.29) is 15.9 Å². The maximum absolute atomic E-state index is 12.2. The van der Waals surface area contributed by atoms with E-state index in [0.29, 0.717) is 5.69 Å². The molecule has 0 saturated carbocycles. The number of rotatable bonds is 5. The Morgan fingerprint density at radius 2 is 2.05 bits per heavy atom. The fourth-order valence-corrected chi connectivity index (χ4v) is 3.86. The average Bonchev–Trinajstić information content (AvgIpc) is 2.87. The van der Waals surface area contributed by atoms with Crippen LogP contribution in [0.15, 0.2) is 40.6 Å². The zero-order valence-electron chi connectivity index (χ0n) is 11.6. The molecule has 21 heavy (non-hydrogen) atoms. The molecular weight excluding hydrogens is 310 g/mol. The van der Waals surface area contributed by atoms with Gasteiger partial charge in [-0.15, -0.1) is 11.3 Å². The van der Waals surface area contributed by atoms with Gasteiger partial charge in [-0.1, -0.05) is 13.0 Å². The molecule has 0 aliphatic carbocycles. The van der Waals surface area contributed by atoms with Gasteiger partial charge in [0.1, 0.15) is 5.75 Å².